The van der Waals surface area contributed by atoms with E-state index in [1.807, 2.05) is 38.1 Å². The van der Waals surface area contributed by atoms with Gasteiger partial charge in [-0.3, -0.25) is 0 Å². The zero-order chi connectivity index (χ0) is 14.4. The van der Waals surface area contributed by atoms with E-state index in [-0.39, 0.29) is 11.7 Å². The van der Waals surface area contributed by atoms with Gasteiger partial charge in [0, 0.05) is 11.1 Å². The highest BCUT2D eigenvalue weighted by molar-refractivity contribution is 9.10. The van der Waals surface area contributed by atoms with Crippen LogP contribution in [0.1, 0.15) is 13.8 Å². The molecule has 0 saturated carbocycles. The number of hydrogen-bond acceptors (Lipinski definition) is 4. The Hall–Kier alpha value is -0.620. The van der Waals surface area contributed by atoms with Gasteiger partial charge in [0.2, 0.25) is 0 Å². The van der Waals surface area contributed by atoms with Crippen LogP contribution in [0.3, 0.4) is 0 Å². The van der Waals surface area contributed by atoms with Gasteiger partial charge >= 0.3 is 0 Å². The summed E-state index contributed by atoms with van der Waals surface area (Å²) < 4.78 is 23.9. The van der Waals surface area contributed by atoms with Crippen molar-refractivity contribution in [3.63, 3.8) is 0 Å². The minimum absolute atomic E-state index is 0.0714. The third-order valence-corrected chi connectivity index (χ3v) is 3.55. The van der Waals surface area contributed by atoms with E-state index in [9.17, 15) is 0 Å². The van der Waals surface area contributed by atoms with Crippen molar-refractivity contribution in [2.45, 2.75) is 25.6 Å². The summed E-state index contributed by atoms with van der Waals surface area (Å²) in [5.41, 5.74) is -0.387. The van der Waals surface area contributed by atoms with Gasteiger partial charge in [0.1, 0.15) is 24.1 Å². The lowest BCUT2D eigenvalue weighted by Crippen LogP contribution is -2.50. The molecule has 0 unspecified atom stereocenters. The van der Waals surface area contributed by atoms with Crippen LogP contribution in [0, 0.1) is 0 Å². The first kappa shape index (κ1) is 15.8. The third-order valence-electron chi connectivity index (χ3n) is 3.02. The van der Waals surface area contributed by atoms with Crippen molar-refractivity contribution < 1.29 is 18.9 Å². The summed E-state index contributed by atoms with van der Waals surface area (Å²) in [5.74, 6) is 0.828. The molecule has 0 radical (unpaired) electrons. The standard InChI is InChI=1S/C15H21BrO4/c1-3-17-10-15(2)11-18-8-14(20-15)9-19-13-6-4-12(16)5-7-13/h4-7,14H,3,8-11H2,1-2H3/t14-,15-/m0/s1. The molecule has 2 rings (SSSR count). The summed E-state index contributed by atoms with van der Waals surface area (Å²) in [4.78, 5) is 0. The van der Waals surface area contributed by atoms with Crippen molar-refractivity contribution in [3.05, 3.63) is 28.7 Å². The molecule has 1 aromatic carbocycles. The molecule has 1 fully saturated rings. The van der Waals surface area contributed by atoms with Crippen LogP contribution in [0.2, 0.25) is 0 Å². The fraction of sp³-hybridized carbons (Fsp3) is 0.600. The molecule has 0 N–H and O–H groups in total. The summed E-state index contributed by atoms with van der Waals surface area (Å²) in [7, 11) is 0. The van der Waals surface area contributed by atoms with Gasteiger partial charge in [0.25, 0.3) is 0 Å². The fourth-order valence-corrected chi connectivity index (χ4v) is 2.34. The molecule has 1 aliphatic heterocycles. The maximum absolute atomic E-state index is 6.04. The van der Waals surface area contributed by atoms with Crippen molar-refractivity contribution in [2.24, 2.45) is 0 Å². The monoisotopic (exact) mass is 344 g/mol. The zero-order valence-electron chi connectivity index (χ0n) is 11.9. The number of benzene rings is 1. The Morgan fingerprint density at radius 3 is 2.80 bits per heavy atom. The van der Waals surface area contributed by atoms with E-state index in [1.54, 1.807) is 0 Å². The molecule has 0 bridgehead atoms. The molecule has 1 saturated heterocycles. The van der Waals surface area contributed by atoms with Crippen LogP contribution in [-0.2, 0) is 14.2 Å². The highest BCUT2D eigenvalue weighted by Gasteiger charge is 2.34. The van der Waals surface area contributed by atoms with Crippen molar-refractivity contribution >= 4 is 15.9 Å². The SMILES string of the molecule is CCOC[C@@]1(C)COC[C@@H](COc2ccc(Br)cc2)O1. The van der Waals surface area contributed by atoms with E-state index in [0.29, 0.717) is 33.0 Å². The van der Waals surface area contributed by atoms with Crippen molar-refractivity contribution in [1.82, 2.24) is 0 Å². The maximum atomic E-state index is 6.04. The molecule has 20 heavy (non-hydrogen) atoms. The predicted molar refractivity (Wildman–Crippen MR) is 80.2 cm³/mol. The molecule has 112 valence electrons. The van der Waals surface area contributed by atoms with Crippen LogP contribution in [0.5, 0.6) is 5.75 Å². The largest absolute Gasteiger partial charge is 0.491 e. The maximum Gasteiger partial charge on any atom is 0.119 e. The Balaban J connectivity index is 1.82. The highest BCUT2D eigenvalue weighted by atomic mass is 79.9. The average molecular weight is 345 g/mol. The van der Waals surface area contributed by atoms with Crippen LogP contribution in [-0.4, -0.2) is 44.7 Å². The van der Waals surface area contributed by atoms with E-state index in [2.05, 4.69) is 15.9 Å². The topological polar surface area (TPSA) is 36.9 Å². The molecule has 0 amide bonds. The summed E-state index contributed by atoms with van der Waals surface area (Å²) in [5, 5.41) is 0. The first-order valence-electron chi connectivity index (χ1n) is 6.83. The smallest absolute Gasteiger partial charge is 0.119 e. The minimum Gasteiger partial charge on any atom is -0.491 e. The number of rotatable bonds is 6. The fourth-order valence-electron chi connectivity index (χ4n) is 2.07. The van der Waals surface area contributed by atoms with E-state index in [0.717, 1.165) is 10.2 Å². The second-order valence-corrected chi connectivity index (χ2v) is 6.02. The Morgan fingerprint density at radius 1 is 1.35 bits per heavy atom. The van der Waals surface area contributed by atoms with Crippen LogP contribution in [0.15, 0.2) is 28.7 Å². The van der Waals surface area contributed by atoms with Crippen LogP contribution in [0.4, 0.5) is 0 Å². The number of ether oxygens (including phenoxy) is 4. The summed E-state index contributed by atoms with van der Waals surface area (Å²) >= 11 is 3.40. The lowest BCUT2D eigenvalue weighted by Gasteiger charge is -2.38. The molecule has 4 nitrogen and oxygen atoms in total. The molecule has 1 aromatic rings. The molecule has 0 aromatic heterocycles. The summed E-state index contributed by atoms with van der Waals surface area (Å²) in [6.07, 6.45) is -0.0714. The Bertz CT molecular complexity index is 409. The van der Waals surface area contributed by atoms with Crippen LogP contribution in [0.25, 0.3) is 0 Å². The normalized spacial score (nSPS) is 26.4. The van der Waals surface area contributed by atoms with Gasteiger partial charge in [-0.2, -0.15) is 0 Å². The van der Waals surface area contributed by atoms with Gasteiger partial charge in [-0.05, 0) is 38.1 Å². The molecule has 0 aliphatic carbocycles. The summed E-state index contributed by atoms with van der Waals surface area (Å²) in [6, 6.07) is 7.75. The Kier molecular flexibility index (Phi) is 5.84. The number of hydrogen-bond donors (Lipinski definition) is 0. The third kappa shape index (κ3) is 4.74. The predicted octanol–water partition coefficient (Wildman–Crippen LogP) is 3.04. The molecule has 0 spiro atoms. The van der Waals surface area contributed by atoms with Crippen LogP contribution < -0.4 is 4.74 Å². The zero-order valence-corrected chi connectivity index (χ0v) is 13.5. The van der Waals surface area contributed by atoms with E-state index in [4.69, 9.17) is 18.9 Å². The molecule has 1 aliphatic rings. The molecule has 1 heterocycles. The van der Waals surface area contributed by atoms with Gasteiger partial charge in [-0.25, -0.2) is 0 Å². The first-order chi connectivity index (χ1) is 9.61. The van der Waals surface area contributed by atoms with Crippen molar-refractivity contribution in [2.75, 3.05) is 33.0 Å². The lowest BCUT2D eigenvalue weighted by atomic mass is 10.1. The van der Waals surface area contributed by atoms with Gasteiger partial charge in [0.15, 0.2) is 0 Å². The Labute approximate surface area is 128 Å². The second kappa shape index (κ2) is 7.41. The second-order valence-electron chi connectivity index (χ2n) is 5.11. The minimum atomic E-state index is -0.387. The van der Waals surface area contributed by atoms with Gasteiger partial charge in [0.05, 0.1) is 19.8 Å². The number of halogens is 1. The van der Waals surface area contributed by atoms with E-state index in [1.165, 1.54) is 0 Å². The van der Waals surface area contributed by atoms with Gasteiger partial charge in [-0.1, -0.05) is 15.9 Å². The van der Waals surface area contributed by atoms with Gasteiger partial charge in [-0.15, -0.1) is 0 Å². The van der Waals surface area contributed by atoms with Crippen molar-refractivity contribution in [1.29, 1.82) is 0 Å². The first-order valence-corrected chi connectivity index (χ1v) is 7.62. The molecular weight excluding hydrogens is 324 g/mol. The van der Waals surface area contributed by atoms with Gasteiger partial charge < -0.3 is 18.9 Å². The Morgan fingerprint density at radius 2 is 2.10 bits per heavy atom. The van der Waals surface area contributed by atoms with E-state index < -0.39 is 0 Å². The quantitative estimate of drug-likeness (QED) is 0.794. The molecule has 5 heteroatoms. The van der Waals surface area contributed by atoms with Crippen LogP contribution >= 0.6 is 15.9 Å². The highest BCUT2D eigenvalue weighted by Crippen LogP contribution is 2.22. The molecular formula is C15H21BrO4. The van der Waals surface area contributed by atoms with Crippen molar-refractivity contribution in [3.8, 4) is 5.75 Å². The molecule has 2 atom stereocenters. The lowest BCUT2D eigenvalue weighted by molar-refractivity contribution is -0.215. The average Bonchev–Trinajstić information content (AvgIpc) is 2.45. The van der Waals surface area contributed by atoms with E-state index >= 15 is 0 Å². The summed E-state index contributed by atoms with van der Waals surface area (Å²) in [6.45, 7) is 6.79.